The molecular weight excluding hydrogens is 190 g/mol. The molecule has 0 fully saturated rings. The van der Waals surface area contributed by atoms with E-state index in [-0.39, 0.29) is 6.61 Å². The van der Waals surface area contributed by atoms with Crippen LogP contribution in [0.3, 0.4) is 0 Å². The molecule has 0 saturated heterocycles. The van der Waals surface area contributed by atoms with Crippen LogP contribution in [0.25, 0.3) is 11.5 Å². The average molecular weight is 201 g/mol. The maximum atomic E-state index is 8.85. The van der Waals surface area contributed by atoms with Gasteiger partial charge in [0.25, 0.3) is 0 Å². The van der Waals surface area contributed by atoms with Crippen LogP contribution in [-0.2, 0) is 6.61 Å². The smallest absolute Gasteiger partial charge is 0.178 e. The first-order chi connectivity index (χ1) is 7.29. The zero-order valence-corrected chi connectivity index (χ0v) is 8.38. The van der Waals surface area contributed by atoms with Gasteiger partial charge in [0.15, 0.2) is 5.82 Å². The molecule has 1 N–H and O–H groups in total. The third-order valence-corrected chi connectivity index (χ3v) is 2.01. The predicted molar refractivity (Wildman–Crippen MR) is 55.9 cm³/mol. The monoisotopic (exact) mass is 201 g/mol. The summed E-state index contributed by atoms with van der Waals surface area (Å²) in [5, 5.41) is 8.85. The zero-order valence-electron chi connectivity index (χ0n) is 8.38. The molecule has 4 heteroatoms. The number of nitrogens with zero attached hydrogens (tertiary/aromatic N) is 3. The largest absolute Gasteiger partial charge is 0.392 e. The fourth-order valence-corrected chi connectivity index (χ4v) is 1.24. The molecule has 0 spiro atoms. The Morgan fingerprint density at radius 3 is 2.53 bits per heavy atom. The Morgan fingerprint density at radius 2 is 1.93 bits per heavy atom. The third kappa shape index (κ3) is 2.16. The average Bonchev–Trinajstić information content (AvgIpc) is 2.29. The van der Waals surface area contributed by atoms with Gasteiger partial charge in [-0.3, -0.25) is 0 Å². The summed E-state index contributed by atoms with van der Waals surface area (Å²) in [6, 6.07) is 5.70. The van der Waals surface area contributed by atoms with Crippen LogP contribution in [0.5, 0.6) is 0 Å². The normalized spacial score (nSPS) is 10.3. The lowest BCUT2D eigenvalue weighted by Crippen LogP contribution is -1.94. The second-order valence-electron chi connectivity index (χ2n) is 3.24. The molecule has 0 atom stereocenters. The number of aliphatic hydroxyl groups excluding tert-OH is 1. The van der Waals surface area contributed by atoms with Crippen molar-refractivity contribution in [2.45, 2.75) is 13.5 Å². The second kappa shape index (κ2) is 4.14. The number of aromatic nitrogens is 3. The van der Waals surface area contributed by atoms with Gasteiger partial charge in [0.1, 0.15) is 5.69 Å². The Hall–Kier alpha value is -1.81. The summed E-state index contributed by atoms with van der Waals surface area (Å²) in [6.45, 7) is 1.88. The molecule has 0 aliphatic carbocycles. The second-order valence-corrected chi connectivity index (χ2v) is 3.24. The molecule has 0 aliphatic heterocycles. The topological polar surface area (TPSA) is 58.9 Å². The van der Waals surface area contributed by atoms with E-state index >= 15 is 0 Å². The van der Waals surface area contributed by atoms with E-state index in [1.807, 2.05) is 25.1 Å². The summed E-state index contributed by atoms with van der Waals surface area (Å²) in [4.78, 5) is 12.6. The number of hydrogen-bond acceptors (Lipinski definition) is 4. The molecular formula is C11H11N3O. The van der Waals surface area contributed by atoms with E-state index in [0.29, 0.717) is 11.4 Å². The van der Waals surface area contributed by atoms with Gasteiger partial charge in [-0.1, -0.05) is 6.07 Å². The SMILES string of the molecule is Cc1cccc(-c2ncc(CO)cn2)n1. The minimum Gasteiger partial charge on any atom is -0.392 e. The lowest BCUT2D eigenvalue weighted by Gasteiger charge is -2.00. The van der Waals surface area contributed by atoms with Crippen molar-refractivity contribution in [3.63, 3.8) is 0 Å². The van der Waals surface area contributed by atoms with Gasteiger partial charge >= 0.3 is 0 Å². The van der Waals surface area contributed by atoms with Crippen molar-refractivity contribution in [1.82, 2.24) is 15.0 Å². The molecule has 2 rings (SSSR count). The van der Waals surface area contributed by atoms with E-state index in [0.717, 1.165) is 11.4 Å². The first-order valence-electron chi connectivity index (χ1n) is 4.65. The molecule has 0 aromatic carbocycles. The maximum Gasteiger partial charge on any atom is 0.178 e. The molecule has 2 aromatic heterocycles. The summed E-state index contributed by atoms with van der Waals surface area (Å²) < 4.78 is 0. The summed E-state index contributed by atoms with van der Waals surface area (Å²) in [6.07, 6.45) is 3.21. The highest BCUT2D eigenvalue weighted by molar-refractivity contribution is 5.48. The van der Waals surface area contributed by atoms with Gasteiger partial charge in [0, 0.05) is 23.7 Å². The zero-order chi connectivity index (χ0) is 10.7. The molecule has 2 heterocycles. The van der Waals surface area contributed by atoms with E-state index < -0.39 is 0 Å². The molecule has 0 radical (unpaired) electrons. The number of rotatable bonds is 2. The van der Waals surface area contributed by atoms with Crippen molar-refractivity contribution in [2.75, 3.05) is 0 Å². The van der Waals surface area contributed by atoms with Crippen LogP contribution in [0.1, 0.15) is 11.3 Å². The highest BCUT2D eigenvalue weighted by atomic mass is 16.3. The number of aliphatic hydroxyl groups is 1. The fraction of sp³-hybridized carbons (Fsp3) is 0.182. The van der Waals surface area contributed by atoms with E-state index in [4.69, 9.17) is 5.11 Å². The van der Waals surface area contributed by atoms with Crippen molar-refractivity contribution in [3.8, 4) is 11.5 Å². The molecule has 4 nitrogen and oxygen atoms in total. The molecule has 0 aliphatic rings. The molecule has 2 aromatic rings. The third-order valence-electron chi connectivity index (χ3n) is 2.01. The van der Waals surface area contributed by atoms with Crippen LogP contribution in [0, 0.1) is 6.92 Å². The highest BCUT2D eigenvalue weighted by Crippen LogP contribution is 2.11. The first kappa shape index (κ1) is 9.73. The van der Waals surface area contributed by atoms with Gasteiger partial charge in [-0.2, -0.15) is 0 Å². The van der Waals surface area contributed by atoms with Gasteiger partial charge in [-0.05, 0) is 19.1 Å². The Kier molecular flexibility index (Phi) is 2.69. The van der Waals surface area contributed by atoms with Gasteiger partial charge in [-0.25, -0.2) is 15.0 Å². The number of hydrogen-bond donors (Lipinski definition) is 1. The van der Waals surface area contributed by atoms with Crippen LogP contribution in [0.15, 0.2) is 30.6 Å². The summed E-state index contributed by atoms with van der Waals surface area (Å²) in [5.41, 5.74) is 2.38. The number of pyridine rings is 1. The molecule has 0 unspecified atom stereocenters. The molecule has 0 bridgehead atoms. The van der Waals surface area contributed by atoms with Crippen molar-refractivity contribution >= 4 is 0 Å². The summed E-state index contributed by atoms with van der Waals surface area (Å²) in [5.74, 6) is 0.580. The quantitative estimate of drug-likeness (QED) is 0.796. The lowest BCUT2D eigenvalue weighted by atomic mass is 10.3. The maximum absolute atomic E-state index is 8.85. The highest BCUT2D eigenvalue weighted by Gasteiger charge is 2.02. The Morgan fingerprint density at radius 1 is 1.20 bits per heavy atom. The van der Waals surface area contributed by atoms with Crippen molar-refractivity contribution < 1.29 is 5.11 Å². The first-order valence-corrected chi connectivity index (χ1v) is 4.65. The molecule has 15 heavy (non-hydrogen) atoms. The van der Waals surface area contributed by atoms with E-state index in [1.165, 1.54) is 0 Å². The molecule has 0 amide bonds. The van der Waals surface area contributed by atoms with Crippen molar-refractivity contribution in [1.29, 1.82) is 0 Å². The predicted octanol–water partition coefficient (Wildman–Crippen LogP) is 1.34. The van der Waals surface area contributed by atoms with Crippen LogP contribution >= 0.6 is 0 Å². The Balaban J connectivity index is 2.37. The van der Waals surface area contributed by atoms with Crippen LogP contribution < -0.4 is 0 Å². The Bertz CT molecular complexity index is 454. The standard InChI is InChI=1S/C11H11N3O/c1-8-3-2-4-10(14-8)11-12-5-9(7-15)6-13-11/h2-6,15H,7H2,1H3. The van der Waals surface area contributed by atoms with E-state index in [2.05, 4.69) is 15.0 Å². The van der Waals surface area contributed by atoms with Gasteiger partial charge in [0.2, 0.25) is 0 Å². The summed E-state index contributed by atoms with van der Waals surface area (Å²) in [7, 11) is 0. The number of aryl methyl sites for hydroxylation is 1. The minimum absolute atomic E-state index is 0.0402. The van der Waals surface area contributed by atoms with Gasteiger partial charge in [0.05, 0.1) is 6.61 Å². The molecule has 0 saturated carbocycles. The summed E-state index contributed by atoms with van der Waals surface area (Å²) >= 11 is 0. The lowest BCUT2D eigenvalue weighted by molar-refractivity contribution is 0.281. The van der Waals surface area contributed by atoms with Crippen molar-refractivity contribution in [2.24, 2.45) is 0 Å². The van der Waals surface area contributed by atoms with E-state index in [1.54, 1.807) is 12.4 Å². The molecule has 76 valence electrons. The van der Waals surface area contributed by atoms with Gasteiger partial charge in [-0.15, -0.1) is 0 Å². The Labute approximate surface area is 87.7 Å². The minimum atomic E-state index is -0.0402. The fourth-order valence-electron chi connectivity index (χ4n) is 1.24. The van der Waals surface area contributed by atoms with E-state index in [9.17, 15) is 0 Å². The van der Waals surface area contributed by atoms with Gasteiger partial charge < -0.3 is 5.11 Å². The van der Waals surface area contributed by atoms with Crippen LogP contribution in [0.2, 0.25) is 0 Å². The van der Waals surface area contributed by atoms with Crippen molar-refractivity contribution in [3.05, 3.63) is 41.9 Å². The van der Waals surface area contributed by atoms with Crippen LogP contribution in [0.4, 0.5) is 0 Å². The van der Waals surface area contributed by atoms with Crippen LogP contribution in [-0.4, -0.2) is 20.1 Å².